The van der Waals surface area contributed by atoms with Crippen molar-refractivity contribution in [3.63, 3.8) is 0 Å². The minimum atomic E-state index is -0.316. The van der Waals surface area contributed by atoms with Crippen LogP contribution in [0.1, 0.15) is 43.0 Å². The van der Waals surface area contributed by atoms with Crippen molar-refractivity contribution in [2.24, 2.45) is 5.73 Å². The first-order valence-electron chi connectivity index (χ1n) is 7.12. The van der Waals surface area contributed by atoms with Crippen molar-refractivity contribution in [1.29, 1.82) is 0 Å². The summed E-state index contributed by atoms with van der Waals surface area (Å²) in [5, 5.41) is 19.6. The predicted molar refractivity (Wildman–Crippen MR) is 76.7 cm³/mol. The lowest BCUT2D eigenvalue weighted by Crippen LogP contribution is -2.44. The zero-order valence-corrected chi connectivity index (χ0v) is 11.7. The van der Waals surface area contributed by atoms with Crippen LogP contribution in [-0.4, -0.2) is 39.6 Å². The van der Waals surface area contributed by atoms with E-state index in [1.54, 1.807) is 4.90 Å². The summed E-state index contributed by atoms with van der Waals surface area (Å²) in [7, 11) is 0. The molecular formula is C15H22N2O3. The number of benzene rings is 1. The highest BCUT2D eigenvalue weighted by Gasteiger charge is 2.29. The molecule has 0 atom stereocenters. The van der Waals surface area contributed by atoms with Gasteiger partial charge in [-0.3, -0.25) is 4.79 Å². The average molecular weight is 278 g/mol. The van der Waals surface area contributed by atoms with Crippen molar-refractivity contribution < 1.29 is 15.0 Å². The molecule has 0 spiro atoms. The summed E-state index contributed by atoms with van der Waals surface area (Å²) in [5.74, 6) is -0.675. The van der Waals surface area contributed by atoms with E-state index in [1.165, 1.54) is 18.2 Å². The summed E-state index contributed by atoms with van der Waals surface area (Å²) in [5.41, 5.74) is 5.88. The fourth-order valence-electron chi connectivity index (χ4n) is 2.87. The molecule has 1 aliphatic rings. The van der Waals surface area contributed by atoms with E-state index in [9.17, 15) is 15.0 Å². The number of phenols is 2. The maximum atomic E-state index is 12.6. The molecule has 0 aliphatic heterocycles. The van der Waals surface area contributed by atoms with Gasteiger partial charge in [0.05, 0.1) is 0 Å². The lowest BCUT2D eigenvalue weighted by Gasteiger charge is -2.35. The Hall–Kier alpha value is -1.75. The summed E-state index contributed by atoms with van der Waals surface area (Å²) in [6.45, 7) is 2.45. The maximum absolute atomic E-state index is 12.6. The Kier molecular flexibility index (Phi) is 4.49. The van der Waals surface area contributed by atoms with Gasteiger partial charge >= 0.3 is 0 Å². The molecule has 2 rings (SSSR count). The minimum Gasteiger partial charge on any atom is -0.507 e. The molecule has 0 aromatic heterocycles. The summed E-state index contributed by atoms with van der Waals surface area (Å²) >= 11 is 0. The van der Waals surface area contributed by atoms with Crippen molar-refractivity contribution in [3.05, 3.63) is 23.8 Å². The zero-order valence-electron chi connectivity index (χ0n) is 11.7. The highest BCUT2D eigenvalue weighted by molar-refractivity contribution is 5.99. The molecule has 0 bridgehead atoms. The van der Waals surface area contributed by atoms with Crippen LogP contribution in [0.2, 0.25) is 0 Å². The molecule has 1 aliphatic carbocycles. The summed E-state index contributed by atoms with van der Waals surface area (Å²) in [4.78, 5) is 14.3. The molecule has 0 saturated heterocycles. The monoisotopic (exact) mass is 278 g/mol. The third kappa shape index (κ3) is 2.88. The number of nitrogens with two attached hydrogens (primary N) is 1. The molecule has 5 heteroatoms. The van der Waals surface area contributed by atoms with Crippen molar-refractivity contribution in [2.75, 3.05) is 6.54 Å². The summed E-state index contributed by atoms with van der Waals surface area (Å²) in [6.07, 6.45) is 3.55. The van der Waals surface area contributed by atoms with E-state index in [0.717, 1.165) is 25.7 Å². The van der Waals surface area contributed by atoms with E-state index in [2.05, 4.69) is 0 Å². The number of nitrogens with zero attached hydrogens (tertiary/aromatic N) is 1. The lowest BCUT2D eigenvalue weighted by molar-refractivity contribution is 0.0634. The molecule has 5 nitrogen and oxygen atoms in total. The fourth-order valence-corrected chi connectivity index (χ4v) is 2.87. The van der Waals surface area contributed by atoms with Gasteiger partial charge in [-0.15, -0.1) is 0 Å². The number of phenolic OH excluding ortho intramolecular Hbond substituents is 2. The summed E-state index contributed by atoms with van der Waals surface area (Å²) in [6, 6.07) is 4.69. The number of carbonyl (C=O) groups excluding carboxylic acids is 1. The number of hydrogen-bond donors (Lipinski definition) is 3. The molecule has 1 saturated carbocycles. The van der Waals surface area contributed by atoms with E-state index in [1.807, 2.05) is 6.92 Å². The Morgan fingerprint density at radius 1 is 1.25 bits per heavy atom. The first-order chi connectivity index (χ1) is 9.54. The molecular weight excluding hydrogens is 256 g/mol. The van der Waals surface area contributed by atoms with Crippen LogP contribution in [0.4, 0.5) is 0 Å². The van der Waals surface area contributed by atoms with Crippen LogP contribution in [0.15, 0.2) is 18.2 Å². The molecule has 0 radical (unpaired) electrons. The predicted octanol–water partition coefficient (Wildman–Crippen LogP) is 1.83. The third-order valence-corrected chi connectivity index (χ3v) is 4.02. The molecule has 1 aromatic rings. The van der Waals surface area contributed by atoms with Crippen molar-refractivity contribution >= 4 is 5.91 Å². The van der Waals surface area contributed by atoms with E-state index < -0.39 is 0 Å². The lowest BCUT2D eigenvalue weighted by atomic mass is 9.90. The second-order valence-electron chi connectivity index (χ2n) is 5.33. The standard InChI is InChI=1S/C15H22N2O3/c1-2-17(11-8-6-10(16)7-9-11)15(20)14-12(18)4-3-5-13(14)19/h3-5,10-11,18-19H,2,6-9,16H2,1H3. The molecule has 4 N–H and O–H groups in total. The van der Waals surface area contributed by atoms with Crippen LogP contribution in [0.5, 0.6) is 11.5 Å². The molecule has 1 fully saturated rings. The quantitative estimate of drug-likeness (QED) is 0.787. The smallest absolute Gasteiger partial charge is 0.261 e. The van der Waals surface area contributed by atoms with Gasteiger partial charge in [0.1, 0.15) is 17.1 Å². The van der Waals surface area contributed by atoms with Crippen molar-refractivity contribution in [3.8, 4) is 11.5 Å². The largest absolute Gasteiger partial charge is 0.507 e. The van der Waals surface area contributed by atoms with E-state index in [4.69, 9.17) is 5.73 Å². The van der Waals surface area contributed by atoms with Gasteiger partial charge in [0, 0.05) is 18.6 Å². The Morgan fingerprint density at radius 2 is 1.80 bits per heavy atom. The van der Waals surface area contributed by atoms with Gasteiger partial charge in [0.15, 0.2) is 0 Å². The Labute approximate surface area is 119 Å². The van der Waals surface area contributed by atoms with Gasteiger partial charge in [-0.1, -0.05) is 6.07 Å². The second-order valence-corrected chi connectivity index (χ2v) is 5.33. The minimum absolute atomic E-state index is 0.00998. The fraction of sp³-hybridized carbons (Fsp3) is 0.533. The zero-order chi connectivity index (χ0) is 14.7. The van der Waals surface area contributed by atoms with E-state index in [0.29, 0.717) is 6.54 Å². The second kappa shape index (κ2) is 6.13. The van der Waals surface area contributed by atoms with E-state index >= 15 is 0 Å². The van der Waals surface area contributed by atoms with Gasteiger partial charge in [0.25, 0.3) is 5.91 Å². The van der Waals surface area contributed by atoms with Gasteiger partial charge in [0.2, 0.25) is 0 Å². The van der Waals surface area contributed by atoms with Crippen molar-refractivity contribution in [2.45, 2.75) is 44.7 Å². The number of hydrogen-bond acceptors (Lipinski definition) is 4. The number of amides is 1. The molecule has 0 heterocycles. The van der Waals surface area contributed by atoms with Gasteiger partial charge in [-0.2, -0.15) is 0 Å². The first-order valence-corrected chi connectivity index (χ1v) is 7.12. The molecule has 1 aromatic carbocycles. The topological polar surface area (TPSA) is 86.8 Å². The molecule has 20 heavy (non-hydrogen) atoms. The van der Waals surface area contributed by atoms with Crippen molar-refractivity contribution in [1.82, 2.24) is 4.90 Å². The number of carbonyl (C=O) groups is 1. The van der Waals surface area contributed by atoms with Crippen LogP contribution < -0.4 is 5.73 Å². The Bertz CT molecular complexity index is 462. The highest BCUT2D eigenvalue weighted by atomic mass is 16.3. The number of rotatable bonds is 3. The first kappa shape index (κ1) is 14.7. The van der Waals surface area contributed by atoms with Gasteiger partial charge < -0.3 is 20.8 Å². The van der Waals surface area contributed by atoms with Crippen LogP contribution in [0, 0.1) is 0 Å². The maximum Gasteiger partial charge on any atom is 0.261 e. The molecule has 1 amide bonds. The van der Waals surface area contributed by atoms with Crippen LogP contribution >= 0.6 is 0 Å². The Morgan fingerprint density at radius 3 is 2.30 bits per heavy atom. The van der Waals surface area contributed by atoms with Gasteiger partial charge in [-0.05, 0) is 44.7 Å². The average Bonchev–Trinajstić information content (AvgIpc) is 2.41. The SMILES string of the molecule is CCN(C(=O)c1c(O)cccc1O)C1CCC(N)CC1. The third-order valence-electron chi connectivity index (χ3n) is 4.02. The molecule has 110 valence electrons. The summed E-state index contributed by atoms with van der Waals surface area (Å²) < 4.78 is 0. The normalized spacial score (nSPS) is 22.5. The van der Waals surface area contributed by atoms with Crippen LogP contribution in [-0.2, 0) is 0 Å². The van der Waals surface area contributed by atoms with Crippen LogP contribution in [0.25, 0.3) is 0 Å². The molecule has 0 unspecified atom stereocenters. The highest BCUT2D eigenvalue weighted by Crippen LogP contribution is 2.30. The van der Waals surface area contributed by atoms with Gasteiger partial charge in [-0.25, -0.2) is 0 Å². The van der Waals surface area contributed by atoms with E-state index in [-0.39, 0.29) is 35.1 Å². The van der Waals surface area contributed by atoms with Crippen LogP contribution in [0.3, 0.4) is 0 Å². The number of aromatic hydroxyl groups is 2. The Balaban J connectivity index is 2.21.